The Kier molecular flexibility index (Phi) is 4.55. The maximum absolute atomic E-state index is 12.3. The van der Waals surface area contributed by atoms with Gasteiger partial charge in [0.15, 0.2) is 0 Å². The van der Waals surface area contributed by atoms with E-state index in [-0.39, 0.29) is 22.9 Å². The predicted octanol–water partition coefficient (Wildman–Crippen LogP) is 4.01. The highest BCUT2D eigenvalue weighted by molar-refractivity contribution is 5.69. The van der Waals surface area contributed by atoms with E-state index < -0.39 is 0 Å². The van der Waals surface area contributed by atoms with Gasteiger partial charge in [0, 0.05) is 17.3 Å². The van der Waals surface area contributed by atoms with E-state index >= 15 is 0 Å². The van der Waals surface area contributed by atoms with E-state index in [4.69, 9.17) is 4.74 Å². The van der Waals surface area contributed by atoms with Crippen LogP contribution in [0.4, 0.5) is 0 Å². The Morgan fingerprint density at radius 2 is 1.91 bits per heavy atom. The third-order valence-corrected chi connectivity index (χ3v) is 6.69. The molecule has 0 aromatic carbocycles. The summed E-state index contributed by atoms with van der Waals surface area (Å²) < 4.78 is 6.00. The van der Waals surface area contributed by atoms with Crippen molar-refractivity contribution in [3.05, 3.63) is 0 Å². The lowest BCUT2D eigenvalue weighted by Crippen LogP contribution is -2.43. The largest absolute Gasteiger partial charge is 0.461 e. The quantitative estimate of drug-likeness (QED) is 0.719. The number of fused-ring (bicyclic) bond motifs is 2. The normalized spacial score (nSPS) is 37.4. The Morgan fingerprint density at radius 1 is 1.18 bits per heavy atom. The summed E-state index contributed by atoms with van der Waals surface area (Å²) in [5.74, 6) is 0.771. The molecule has 2 aliphatic carbocycles. The van der Waals surface area contributed by atoms with E-state index in [1.54, 1.807) is 0 Å². The summed E-state index contributed by atoms with van der Waals surface area (Å²) in [6, 6.07) is 0. The molecule has 2 bridgehead atoms. The van der Waals surface area contributed by atoms with Gasteiger partial charge in [0.2, 0.25) is 0 Å². The molecule has 0 aromatic rings. The van der Waals surface area contributed by atoms with Gasteiger partial charge in [0.25, 0.3) is 0 Å². The second kappa shape index (κ2) is 6.14. The lowest BCUT2D eigenvalue weighted by Gasteiger charge is -2.41. The minimum atomic E-state index is 0.0314. The van der Waals surface area contributed by atoms with E-state index in [0.717, 1.165) is 18.9 Å². The van der Waals surface area contributed by atoms with Gasteiger partial charge in [-0.2, -0.15) is 0 Å². The molecule has 1 aliphatic heterocycles. The molecule has 3 atom stereocenters. The van der Waals surface area contributed by atoms with E-state index in [9.17, 15) is 4.79 Å². The number of rotatable bonds is 5. The number of ether oxygens (including phenoxy) is 1. The van der Waals surface area contributed by atoms with Crippen LogP contribution in [0.25, 0.3) is 0 Å². The highest BCUT2D eigenvalue weighted by atomic mass is 16.5. The Hall–Kier alpha value is -0.570. The van der Waals surface area contributed by atoms with Crippen molar-refractivity contribution in [2.45, 2.75) is 78.2 Å². The van der Waals surface area contributed by atoms with Crippen LogP contribution in [-0.4, -0.2) is 36.6 Å². The van der Waals surface area contributed by atoms with Crippen LogP contribution in [0.1, 0.15) is 72.1 Å². The molecule has 2 saturated carbocycles. The third kappa shape index (κ3) is 3.06. The van der Waals surface area contributed by atoms with Crippen LogP contribution >= 0.6 is 0 Å². The average molecular weight is 307 g/mol. The maximum atomic E-state index is 12.3. The molecule has 0 N–H and O–H groups in total. The third-order valence-electron chi connectivity index (χ3n) is 6.69. The molecule has 0 radical (unpaired) electrons. The monoisotopic (exact) mass is 307 g/mol. The van der Waals surface area contributed by atoms with Gasteiger partial charge in [-0.1, -0.05) is 27.2 Å². The molecule has 3 nitrogen and oxygen atoms in total. The Morgan fingerprint density at radius 3 is 2.55 bits per heavy atom. The molecule has 3 heteroatoms. The lowest BCUT2D eigenvalue weighted by atomic mass is 9.70. The van der Waals surface area contributed by atoms with E-state index in [1.807, 2.05) is 0 Å². The molecule has 22 heavy (non-hydrogen) atoms. The van der Waals surface area contributed by atoms with Crippen LogP contribution in [0.5, 0.6) is 0 Å². The van der Waals surface area contributed by atoms with Crippen molar-refractivity contribution >= 4 is 5.97 Å². The van der Waals surface area contributed by atoms with Gasteiger partial charge in [0.05, 0.1) is 0 Å². The van der Waals surface area contributed by atoms with Crippen molar-refractivity contribution in [1.29, 1.82) is 0 Å². The van der Waals surface area contributed by atoms with E-state index in [0.29, 0.717) is 6.42 Å². The maximum Gasteiger partial charge on any atom is 0.306 e. The van der Waals surface area contributed by atoms with Gasteiger partial charge in [-0.05, 0) is 64.1 Å². The first-order chi connectivity index (χ1) is 10.4. The van der Waals surface area contributed by atoms with Crippen LogP contribution in [0, 0.1) is 16.7 Å². The SMILES string of the molecule is CC1(C)[C@H]2CC[C@](C)(C2)[C@H]1OC(=O)CCCN1CCCCC1. The van der Waals surface area contributed by atoms with Crippen LogP contribution in [0.3, 0.4) is 0 Å². The number of nitrogens with zero attached hydrogens (tertiary/aromatic N) is 1. The van der Waals surface area contributed by atoms with Crippen molar-refractivity contribution < 1.29 is 9.53 Å². The fraction of sp³-hybridized carbons (Fsp3) is 0.947. The zero-order chi connectivity index (χ0) is 15.8. The summed E-state index contributed by atoms with van der Waals surface area (Å²) in [6.45, 7) is 10.4. The molecule has 1 saturated heterocycles. The summed E-state index contributed by atoms with van der Waals surface area (Å²) in [6.07, 6.45) is 9.46. The average Bonchev–Trinajstić information content (AvgIpc) is 2.96. The summed E-state index contributed by atoms with van der Waals surface area (Å²) >= 11 is 0. The highest BCUT2D eigenvalue weighted by Gasteiger charge is 2.61. The Bertz CT molecular complexity index is 409. The number of esters is 1. The van der Waals surface area contributed by atoms with Crippen LogP contribution in [0.15, 0.2) is 0 Å². The van der Waals surface area contributed by atoms with Crippen molar-refractivity contribution in [3.63, 3.8) is 0 Å². The molecule has 0 unspecified atom stereocenters. The number of hydrogen-bond donors (Lipinski definition) is 0. The Balaban J connectivity index is 1.45. The fourth-order valence-corrected chi connectivity index (χ4v) is 5.37. The van der Waals surface area contributed by atoms with Crippen LogP contribution in [-0.2, 0) is 9.53 Å². The Labute approximate surface area is 135 Å². The molecule has 0 amide bonds. The van der Waals surface area contributed by atoms with E-state index in [2.05, 4.69) is 25.7 Å². The summed E-state index contributed by atoms with van der Waals surface area (Å²) in [5, 5.41) is 0. The van der Waals surface area contributed by atoms with Gasteiger partial charge in [-0.25, -0.2) is 0 Å². The van der Waals surface area contributed by atoms with Crippen molar-refractivity contribution in [1.82, 2.24) is 4.90 Å². The molecule has 3 rings (SSSR count). The minimum Gasteiger partial charge on any atom is -0.461 e. The van der Waals surface area contributed by atoms with Crippen LogP contribution < -0.4 is 0 Å². The summed E-state index contributed by atoms with van der Waals surface area (Å²) in [7, 11) is 0. The molecule has 0 aromatic heterocycles. The fourth-order valence-electron chi connectivity index (χ4n) is 5.37. The smallest absolute Gasteiger partial charge is 0.306 e. The minimum absolute atomic E-state index is 0.0314. The first-order valence-electron chi connectivity index (χ1n) is 9.34. The second-order valence-corrected chi connectivity index (χ2v) is 8.79. The van der Waals surface area contributed by atoms with Crippen molar-refractivity contribution in [2.24, 2.45) is 16.7 Å². The zero-order valence-corrected chi connectivity index (χ0v) is 14.7. The van der Waals surface area contributed by atoms with E-state index in [1.165, 1.54) is 51.6 Å². The molecule has 3 aliphatic rings. The molecule has 0 spiro atoms. The van der Waals surface area contributed by atoms with Gasteiger partial charge >= 0.3 is 5.97 Å². The van der Waals surface area contributed by atoms with Crippen molar-refractivity contribution in [3.8, 4) is 0 Å². The topological polar surface area (TPSA) is 29.5 Å². The number of hydrogen-bond acceptors (Lipinski definition) is 3. The number of carbonyl (C=O) groups is 1. The number of piperidine rings is 1. The molecule has 1 heterocycles. The van der Waals surface area contributed by atoms with Gasteiger partial charge < -0.3 is 9.64 Å². The standard InChI is InChI=1S/C19H33NO2/c1-18(2)15-9-10-19(3,14-15)17(18)22-16(21)8-7-13-20-11-5-4-6-12-20/h15,17H,4-14H2,1-3H3/t15-,17-,19+/m0/s1. The van der Waals surface area contributed by atoms with Gasteiger partial charge in [-0.3, -0.25) is 4.79 Å². The molecular formula is C19H33NO2. The number of likely N-dealkylation sites (tertiary alicyclic amines) is 1. The van der Waals surface area contributed by atoms with Crippen molar-refractivity contribution in [2.75, 3.05) is 19.6 Å². The van der Waals surface area contributed by atoms with Gasteiger partial charge in [0.1, 0.15) is 6.10 Å². The lowest BCUT2D eigenvalue weighted by molar-refractivity contribution is -0.164. The van der Waals surface area contributed by atoms with Crippen LogP contribution in [0.2, 0.25) is 0 Å². The second-order valence-electron chi connectivity index (χ2n) is 8.79. The first kappa shape index (κ1) is 16.3. The summed E-state index contributed by atoms with van der Waals surface area (Å²) in [5.41, 5.74) is 0.395. The first-order valence-corrected chi connectivity index (χ1v) is 9.34. The zero-order valence-electron chi connectivity index (χ0n) is 14.7. The predicted molar refractivity (Wildman–Crippen MR) is 88.6 cm³/mol. The summed E-state index contributed by atoms with van der Waals surface area (Å²) in [4.78, 5) is 14.8. The highest BCUT2D eigenvalue weighted by Crippen LogP contribution is 2.63. The van der Waals surface area contributed by atoms with Gasteiger partial charge in [-0.15, -0.1) is 0 Å². The molecular weight excluding hydrogens is 274 g/mol. The molecule has 3 fully saturated rings. The number of carbonyl (C=O) groups excluding carboxylic acids is 1. The molecule has 126 valence electrons.